The smallest absolute Gasteiger partial charge is 0.0625 e. The Morgan fingerprint density at radius 2 is 2.17 bits per heavy atom. The zero-order chi connectivity index (χ0) is 9.40. The van der Waals surface area contributed by atoms with E-state index in [0.29, 0.717) is 12.4 Å². The number of aliphatic hydroxyl groups is 2. The van der Waals surface area contributed by atoms with Crippen LogP contribution in [-0.4, -0.2) is 54.2 Å². The lowest BCUT2D eigenvalue weighted by molar-refractivity contribution is 0.167. The molecule has 0 aliphatic rings. The van der Waals surface area contributed by atoms with E-state index in [4.69, 9.17) is 20.7 Å². The number of ether oxygens (including phenoxy) is 1. The predicted molar refractivity (Wildman–Crippen MR) is 50.3 cm³/mol. The minimum atomic E-state index is -0.170. The third-order valence-electron chi connectivity index (χ3n) is 1.44. The van der Waals surface area contributed by atoms with Crippen molar-refractivity contribution in [3.05, 3.63) is 0 Å². The summed E-state index contributed by atoms with van der Waals surface area (Å²) in [6.07, 6.45) is 0. The standard InChI is InChI=1S/C7H17NO3S/c1-11-5-6(8)7(4-10)12-3-2-9/h6-7,9-10H,2-5,8H2,1H3. The maximum absolute atomic E-state index is 8.91. The molecule has 0 fully saturated rings. The van der Waals surface area contributed by atoms with Crippen molar-refractivity contribution in [1.29, 1.82) is 0 Å². The van der Waals surface area contributed by atoms with Gasteiger partial charge in [0.2, 0.25) is 0 Å². The van der Waals surface area contributed by atoms with Crippen LogP contribution >= 0.6 is 11.8 Å². The van der Waals surface area contributed by atoms with Gasteiger partial charge in [-0.2, -0.15) is 11.8 Å². The van der Waals surface area contributed by atoms with Crippen molar-refractivity contribution in [1.82, 2.24) is 0 Å². The molecule has 0 amide bonds. The van der Waals surface area contributed by atoms with Gasteiger partial charge in [-0.1, -0.05) is 0 Å². The van der Waals surface area contributed by atoms with Crippen molar-refractivity contribution >= 4 is 11.8 Å². The van der Waals surface area contributed by atoms with Gasteiger partial charge in [0.1, 0.15) is 0 Å². The maximum atomic E-state index is 8.91. The van der Waals surface area contributed by atoms with Crippen LogP contribution in [0.15, 0.2) is 0 Å². The molecule has 0 radical (unpaired) electrons. The first-order chi connectivity index (χ1) is 5.76. The monoisotopic (exact) mass is 195 g/mol. The number of nitrogens with two attached hydrogens (primary N) is 1. The molecule has 0 aromatic carbocycles. The van der Waals surface area contributed by atoms with E-state index in [2.05, 4.69) is 0 Å². The molecule has 74 valence electrons. The normalized spacial score (nSPS) is 16.0. The number of hydrogen-bond donors (Lipinski definition) is 3. The summed E-state index contributed by atoms with van der Waals surface area (Å²) in [5, 5.41) is 17.4. The molecule has 0 bridgehead atoms. The van der Waals surface area contributed by atoms with Crippen molar-refractivity contribution in [3.8, 4) is 0 Å². The fourth-order valence-electron chi connectivity index (χ4n) is 0.816. The third kappa shape index (κ3) is 4.95. The highest BCUT2D eigenvalue weighted by Gasteiger charge is 2.16. The molecule has 0 aliphatic heterocycles. The lowest BCUT2D eigenvalue weighted by atomic mass is 10.2. The number of thioether (sulfide) groups is 1. The molecule has 0 aromatic rings. The van der Waals surface area contributed by atoms with Gasteiger partial charge in [-0.15, -0.1) is 0 Å². The summed E-state index contributed by atoms with van der Waals surface area (Å²) in [6.45, 7) is 0.569. The summed E-state index contributed by atoms with van der Waals surface area (Å²) in [6, 6.07) is -0.170. The van der Waals surface area contributed by atoms with E-state index in [1.54, 1.807) is 7.11 Å². The molecule has 2 atom stereocenters. The zero-order valence-electron chi connectivity index (χ0n) is 7.27. The average Bonchev–Trinajstić information content (AvgIpc) is 2.06. The van der Waals surface area contributed by atoms with E-state index >= 15 is 0 Å². The van der Waals surface area contributed by atoms with Gasteiger partial charge in [-0.25, -0.2) is 0 Å². The van der Waals surface area contributed by atoms with Crippen LogP contribution in [0.4, 0.5) is 0 Å². The van der Waals surface area contributed by atoms with E-state index in [1.807, 2.05) is 0 Å². The molecule has 2 unspecified atom stereocenters. The fraction of sp³-hybridized carbons (Fsp3) is 1.00. The average molecular weight is 195 g/mol. The minimum absolute atomic E-state index is 0.0230. The molecule has 0 heterocycles. The Hall–Kier alpha value is 0.190. The molecule has 0 saturated heterocycles. The van der Waals surface area contributed by atoms with Crippen LogP contribution in [-0.2, 0) is 4.74 Å². The van der Waals surface area contributed by atoms with Gasteiger partial charge >= 0.3 is 0 Å². The highest BCUT2D eigenvalue weighted by molar-refractivity contribution is 8.00. The topological polar surface area (TPSA) is 75.7 Å². The van der Waals surface area contributed by atoms with Crippen molar-refractivity contribution in [2.75, 3.05) is 32.7 Å². The Morgan fingerprint density at radius 3 is 2.58 bits per heavy atom. The van der Waals surface area contributed by atoms with Crippen LogP contribution in [0, 0.1) is 0 Å². The van der Waals surface area contributed by atoms with Crippen molar-refractivity contribution in [2.45, 2.75) is 11.3 Å². The van der Waals surface area contributed by atoms with Gasteiger partial charge in [-0.05, 0) is 0 Å². The van der Waals surface area contributed by atoms with Gasteiger partial charge in [0.15, 0.2) is 0 Å². The van der Waals surface area contributed by atoms with Crippen LogP contribution in [0.2, 0.25) is 0 Å². The van der Waals surface area contributed by atoms with E-state index in [0.717, 1.165) is 0 Å². The minimum Gasteiger partial charge on any atom is -0.396 e. The molecule has 5 heteroatoms. The van der Waals surface area contributed by atoms with Crippen LogP contribution in [0.1, 0.15) is 0 Å². The molecule has 4 N–H and O–H groups in total. The van der Waals surface area contributed by atoms with Crippen molar-refractivity contribution in [2.24, 2.45) is 5.73 Å². The molecule has 12 heavy (non-hydrogen) atoms. The van der Waals surface area contributed by atoms with Crippen LogP contribution in [0.25, 0.3) is 0 Å². The Labute approximate surface area is 77.1 Å². The largest absolute Gasteiger partial charge is 0.396 e. The molecule has 0 saturated carbocycles. The number of rotatable bonds is 7. The predicted octanol–water partition coefficient (Wildman–Crippen LogP) is -0.953. The molecule has 0 rings (SSSR count). The molecule has 0 spiro atoms. The Morgan fingerprint density at radius 1 is 1.50 bits per heavy atom. The maximum Gasteiger partial charge on any atom is 0.0625 e. The highest BCUT2D eigenvalue weighted by atomic mass is 32.2. The summed E-state index contributed by atoms with van der Waals surface area (Å²) < 4.78 is 4.85. The van der Waals surface area contributed by atoms with Crippen molar-refractivity contribution < 1.29 is 14.9 Å². The summed E-state index contributed by atoms with van der Waals surface area (Å²) in [4.78, 5) is 0. The highest BCUT2D eigenvalue weighted by Crippen LogP contribution is 2.12. The van der Waals surface area contributed by atoms with Gasteiger partial charge in [0, 0.05) is 24.2 Å². The van der Waals surface area contributed by atoms with Gasteiger partial charge in [0.25, 0.3) is 0 Å². The molecule has 0 aliphatic carbocycles. The first-order valence-electron chi connectivity index (χ1n) is 3.84. The first kappa shape index (κ1) is 12.2. The number of aliphatic hydroxyl groups excluding tert-OH is 2. The van der Waals surface area contributed by atoms with E-state index in [1.165, 1.54) is 11.8 Å². The van der Waals surface area contributed by atoms with Crippen LogP contribution in [0.5, 0.6) is 0 Å². The van der Waals surface area contributed by atoms with E-state index in [-0.39, 0.29) is 24.5 Å². The quantitative estimate of drug-likeness (QED) is 0.488. The Bertz CT molecular complexity index is 105. The summed E-state index contributed by atoms with van der Waals surface area (Å²) in [7, 11) is 1.57. The summed E-state index contributed by atoms with van der Waals surface area (Å²) >= 11 is 1.46. The molecule has 0 aromatic heterocycles. The van der Waals surface area contributed by atoms with E-state index in [9.17, 15) is 0 Å². The molecule has 4 nitrogen and oxygen atoms in total. The third-order valence-corrected chi connectivity index (χ3v) is 2.78. The SMILES string of the molecule is COCC(N)C(CO)SCCO. The molecular formula is C7H17NO3S. The van der Waals surface area contributed by atoms with Crippen molar-refractivity contribution in [3.63, 3.8) is 0 Å². The lowest BCUT2D eigenvalue weighted by Crippen LogP contribution is -2.39. The Kier molecular flexibility index (Phi) is 7.94. The fourth-order valence-corrected chi connectivity index (χ4v) is 1.65. The number of hydrogen-bond acceptors (Lipinski definition) is 5. The zero-order valence-corrected chi connectivity index (χ0v) is 8.09. The van der Waals surface area contributed by atoms with E-state index < -0.39 is 0 Å². The molecular weight excluding hydrogens is 178 g/mol. The van der Waals surface area contributed by atoms with Gasteiger partial charge < -0.3 is 20.7 Å². The second-order valence-electron chi connectivity index (χ2n) is 2.43. The van der Waals surface area contributed by atoms with Crippen LogP contribution in [0.3, 0.4) is 0 Å². The number of methoxy groups -OCH3 is 1. The second kappa shape index (κ2) is 7.82. The Balaban J connectivity index is 3.62. The second-order valence-corrected chi connectivity index (χ2v) is 3.78. The van der Waals surface area contributed by atoms with Crippen LogP contribution < -0.4 is 5.73 Å². The first-order valence-corrected chi connectivity index (χ1v) is 4.89. The van der Waals surface area contributed by atoms with Gasteiger partial charge in [0.05, 0.1) is 19.8 Å². The van der Waals surface area contributed by atoms with Gasteiger partial charge in [-0.3, -0.25) is 0 Å². The lowest BCUT2D eigenvalue weighted by Gasteiger charge is -2.20. The summed E-state index contributed by atoms with van der Waals surface area (Å²) in [5.74, 6) is 0.600. The summed E-state index contributed by atoms with van der Waals surface area (Å²) in [5.41, 5.74) is 5.69.